The van der Waals surface area contributed by atoms with Gasteiger partial charge in [-0.1, -0.05) is 30.2 Å². The van der Waals surface area contributed by atoms with Crippen molar-refractivity contribution in [2.24, 2.45) is 10.2 Å². The first-order chi connectivity index (χ1) is 16.4. The summed E-state index contributed by atoms with van der Waals surface area (Å²) in [5, 5.41) is 32.5. The van der Waals surface area contributed by atoms with E-state index >= 15 is 0 Å². The summed E-state index contributed by atoms with van der Waals surface area (Å²) in [6.07, 6.45) is 1.91. The smallest absolute Gasteiger partial charge is 0.273 e. The Hall–Kier alpha value is -2.84. The molecule has 13 heteroatoms. The SMILES string of the molecule is CCCN(CCC)c1cc(SOOO)c(N=Nc2nc3cc(C)c([N+](=O)[O-])cc3s2)cc1OC. The average molecular weight is 508 g/mol. The standard InChI is InChI=1S/C21H25N5O6S2/c1-5-7-25(8-6-2)17-12-20(34-32-31-29)15(10-18(17)30-4)23-24-21-22-14-9-13(3)16(26(27)28)11-19(14)33-21/h9-12,29H,5-8H2,1-4H3. The number of thiazole rings is 1. The molecule has 34 heavy (non-hydrogen) atoms. The van der Waals surface area contributed by atoms with E-state index in [0.717, 1.165) is 43.7 Å². The molecule has 11 nitrogen and oxygen atoms in total. The van der Waals surface area contributed by atoms with E-state index in [1.807, 2.05) is 6.07 Å². The van der Waals surface area contributed by atoms with Crippen molar-refractivity contribution in [3.05, 3.63) is 39.9 Å². The molecule has 0 spiro atoms. The number of hydrogen-bond donors (Lipinski definition) is 1. The number of nitro groups is 1. The lowest BCUT2D eigenvalue weighted by atomic mass is 10.2. The fraction of sp³-hybridized carbons (Fsp3) is 0.381. The van der Waals surface area contributed by atoms with Gasteiger partial charge in [-0.3, -0.25) is 10.1 Å². The number of benzene rings is 2. The number of nitrogens with zero attached hydrogens (tertiary/aromatic N) is 5. The molecule has 0 bridgehead atoms. The average Bonchev–Trinajstić information content (AvgIpc) is 3.22. The van der Waals surface area contributed by atoms with Crippen molar-refractivity contribution in [1.29, 1.82) is 0 Å². The second-order valence-corrected chi connectivity index (χ2v) is 9.02. The number of ether oxygens (including phenoxy) is 1. The lowest BCUT2D eigenvalue weighted by Gasteiger charge is -2.26. The van der Waals surface area contributed by atoms with Crippen LogP contribution in [0.4, 0.5) is 22.2 Å². The first-order valence-electron chi connectivity index (χ1n) is 10.5. The van der Waals surface area contributed by atoms with E-state index < -0.39 is 4.92 Å². The van der Waals surface area contributed by atoms with Gasteiger partial charge in [-0.25, -0.2) is 10.2 Å². The van der Waals surface area contributed by atoms with Crippen LogP contribution in [0.25, 0.3) is 10.2 Å². The number of azo groups is 1. The van der Waals surface area contributed by atoms with Gasteiger partial charge in [0.25, 0.3) is 5.69 Å². The predicted octanol–water partition coefficient (Wildman–Crippen LogP) is 6.99. The van der Waals surface area contributed by atoms with Gasteiger partial charge in [0.15, 0.2) is 0 Å². The van der Waals surface area contributed by atoms with Crippen molar-refractivity contribution in [3.8, 4) is 5.75 Å². The largest absolute Gasteiger partial charge is 0.495 e. The molecule has 0 aliphatic carbocycles. The molecule has 0 atom stereocenters. The fourth-order valence-electron chi connectivity index (χ4n) is 3.43. The Bertz CT molecular complexity index is 1180. The minimum Gasteiger partial charge on any atom is -0.495 e. The van der Waals surface area contributed by atoms with E-state index in [9.17, 15) is 10.1 Å². The summed E-state index contributed by atoms with van der Waals surface area (Å²) in [6.45, 7) is 7.54. The number of methoxy groups -OCH3 is 1. The van der Waals surface area contributed by atoms with E-state index in [4.69, 9.17) is 9.99 Å². The number of rotatable bonds is 12. The fourth-order valence-corrected chi connectivity index (χ4v) is 4.68. The van der Waals surface area contributed by atoms with Gasteiger partial charge in [-0.15, -0.1) is 14.6 Å². The van der Waals surface area contributed by atoms with E-state index in [2.05, 4.69) is 43.3 Å². The van der Waals surface area contributed by atoms with Crippen molar-refractivity contribution in [3.63, 3.8) is 0 Å². The van der Waals surface area contributed by atoms with Gasteiger partial charge in [0, 0.05) is 30.8 Å². The first kappa shape index (κ1) is 25.8. The highest BCUT2D eigenvalue weighted by Gasteiger charge is 2.18. The Morgan fingerprint density at radius 3 is 2.56 bits per heavy atom. The minimum absolute atomic E-state index is 0.0310. The van der Waals surface area contributed by atoms with Gasteiger partial charge in [-0.05, 0) is 31.9 Å². The Morgan fingerprint density at radius 2 is 1.94 bits per heavy atom. The Labute approximate surface area is 204 Å². The third-order valence-electron chi connectivity index (χ3n) is 4.88. The molecule has 0 aliphatic rings. The highest BCUT2D eigenvalue weighted by Crippen LogP contribution is 2.42. The maximum Gasteiger partial charge on any atom is 0.273 e. The highest BCUT2D eigenvalue weighted by molar-refractivity contribution is 7.94. The summed E-state index contributed by atoms with van der Waals surface area (Å²) >= 11 is 1.97. The van der Waals surface area contributed by atoms with Crippen LogP contribution in [-0.2, 0) is 9.37 Å². The van der Waals surface area contributed by atoms with Gasteiger partial charge in [0.2, 0.25) is 5.13 Å². The van der Waals surface area contributed by atoms with Crippen LogP contribution in [0.15, 0.2) is 39.4 Å². The maximum absolute atomic E-state index is 11.2. The minimum atomic E-state index is -0.420. The van der Waals surface area contributed by atoms with Gasteiger partial charge >= 0.3 is 0 Å². The number of aromatic nitrogens is 1. The molecule has 3 aromatic rings. The lowest BCUT2D eigenvalue weighted by molar-refractivity contribution is -0.432. The van der Waals surface area contributed by atoms with Gasteiger partial charge in [0.1, 0.15) is 11.4 Å². The van der Waals surface area contributed by atoms with Crippen molar-refractivity contribution < 1.29 is 24.3 Å². The van der Waals surface area contributed by atoms with Crippen LogP contribution >= 0.6 is 23.4 Å². The third kappa shape index (κ3) is 5.98. The van der Waals surface area contributed by atoms with Crippen LogP contribution < -0.4 is 9.64 Å². The van der Waals surface area contributed by atoms with E-state index in [0.29, 0.717) is 37.2 Å². The molecule has 1 N–H and O–H groups in total. The molecule has 0 saturated carbocycles. The Balaban J connectivity index is 2.01. The number of anilines is 1. The van der Waals surface area contributed by atoms with Crippen LogP contribution in [0.3, 0.4) is 0 Å². The lowest BCUT2D eigenvalue weighted by Crippen LogP contribution is -2.25. The molecular weight excluding hydrogens is 482 g/mol. The Morgan fingerprint density at radius 1 is 1.21 bits per heavy atom. The first-order valence-corrected chi connectivity index (χ1v) is 12.1. The summed E-state index contributed by atoms with van der Waals surface area (Å²) in [6, 6.07) is 6.71. The molecule has 0 radical (unpaired) electrons. The van der Waals surface area contributed by atoms with Crippen LogP contribution in [0, 0.1) is 17.0 Å². The zero-order valence-electron chi connectivity index (χ0n) is 19.2. The topological polar surface area (TPSA) is 132 Å². The predicted molar refractivity (Wildman–Crippen MR) is 132 cm³/mol. The number of nitro benzene ring substituents is 1. The Kier molecular flexibility index (Phi) is 9.12. The van der Waals surface area contributed by atoms with Crippen LogP contribution in [-0.4, -0.2) is 35.4 Å². The maximum atomic E-state index is 11.2. The monoisotopic (exact) mass is 507 g/mol. The summed E-state index contributed by atoms with van der Waals surface area (Å²) in [5.41, 5.74) is 2.43. The summed E-state index contributed by atoms with van der Waals surface area (Å²) in [4.78, 5) is 17.9. The molecule has 2 aromatic carbocycles. The quantitative estimate of drug-likeness (QED) is 0.0905. The van der Waals surface area contributed by atoms with Crippen LogP contribution in [0.1, 0.15) is 32.3 Å². The number of aryl methyl sites for hydroxylation is 1. The molecule has 1 heterocycles. The molecular formula is C21H25N5O6S2. The molecule has 0 amide bonds. The number of fused-ring (bicyclic) bond motifs is 1. The molecule has 0 aliphatic heterocycles. The van der Waals surface area contributed by atoms with Gasteiger partial charge < -0.3 is 9.64 Å². The summed E-state index contributed by atoms with van der Waals surface area (Å²) in [7, 11) is 1.58. The second kappa shape index (κ2) is 12.0. The zero-order valence-corrected chi connectivity index (χ0v) is 20.8. The third-order valence-corrected chi connectivity index (χ3v) is 6.42. The van der Waals surface area contributed by atoms with Crippen LogP contribution in [0.5, 0.6) is 5.75 Å². The van der Waals surface area contributed by atoms with Crippen molar-refractivity contribution in [2.75, 3.05) is 25.1 Å². The van der Waals surface area contributed by atoms with E-state index in [1.165, 1.54) is 17.4 Å². The molecule has 0 unspecified atom stereocenters. The zero-order chi connectivity index (χ0) is 24.7. The number of hydrogen-bond acceptors (Lipinski definition) is 12. The van der Waals surface area contributed by atoms with E-state index in [1.54, 1.807) is 26.2 Å². The van der Waals surface area contributed by atoms with Gasteiger partial charge in [0.05, 0.1) is 44.9 Å². The van der Waals surface area contributed by atoms with Crippen LogP contribution in [0.2, 0.25) is 0 Å². The highest BCUT2D eigenvalue weighted by atomic mass is 32.2. The van der Waals surface area contributed by atoms with Crippen molar-refractivity contribution in [2.45, 2.75) is 38.5 Å². The van der Waals surface area contributed by atoms with Crippen molar-refractivity contribution >= 4 is 55.8 Å². The molecule has 0 saturated heterocycles. The van der Waals surface area contributed by atoms with E-state index in [-0.39, 0.29) is 5.69 Å². The summed E-state index contributed by atoms with van der Waals surface area (Å²) < 4.78 is 10.9. The molecule has 3 rings (SSSR count). The van der Waals surface area contributed by atoms with Crippen molar-refractivity contribution in [1.82, 2.24) is 4.98 Å². The van der Waals surface area contributed by atoms with Gasteiger partial charge in [-0.2, -0.15) is 0 Å². The summed E-state index contributed by atoms with van der Waals surface area (Å²) in [5.74, 6) is 0.612. The molecule has 0 fully saturated rings. The second-order valence-electron chi connectivity index (χ2n) is 7.26. The molecule has 1 aromatic heterocycles. The molecule has 182 valence electrons. The normalized spacial score (nSPS) is 11.4.